The molecule has 0 aromatic carbocycles. The van der Waals surface area contributed by atoms with Gasteiger partial charge in [0.25, 0.3) is 5.56 Å². The number of aromatic nitrogens is 2. The Hall–Kier alpha value is -1.52. The summed E-state index contributed by atoms with van der Waals surface area (Å²) in [6, 6.07) is 3.10. The van der Waals surface area contributed by atoms with Gasteiger partial charge in [0.15, 0.2) is 6.23 Å². The minimum Gasteiger partial charge on any atom is -0.391 e. The van der Waals surface area contributed by atoms with Gasteiger partial charge < -0.3 is 34.7 Å². The maximum Gasteiger partial charge on any atom is 0.481 e. The fraction of sp³-hybridized carbons (Fsp3) is 0.429. The summed E-state index contributed by atoms with van der Waals surface area (Å²) in [6.45, 7) is -1.21. The molecule has 0 aliphatic carbocycles. The van der Waals surface area contributed by atoms with Gasteiger partial charge >= 0.3 is 21.3 Å². The zero-order chi connectivity index (χ0) is 23.8. The number of aliphatic hydroxyl groups is 3. The zero-order valence-electron chi connectivity index (χ0n) is 15.7. The average molecular weight is 516 g/mol. The van der Waals surface area contributed by atoms with Gasteiger partial charge in [-0.05, 0) is 12.1 Å². The maximum absolute atomic E-state index is 12.3. The number of ether oxygens (including phenoxy) is 1. The largest absolute Gasteiger partial charge is 0.481 e. The van der Waals surface area contributed by atoms with Gasteiger partial charge in [0.05, 0.1) is 18.8 Å². The molecule has 1 fully saturated rings. The van der Waals surface area contributed by atoms with Crippen molar-refractivity contribution >= 4 is 27.0 Å². The second-order valence-electron chi connectivity index (χ2n) is 6.52. The molecule has 5 atom stereocenters. The Balaban J connectivity index is 1.83. The molecule has 3 rings (SSSR count). The number of H-pyrrole nitrogens is 1. The van der Waals surface area contributed by atoms with Crippen molar-refractivity contribution in [3.63, 3.8) is 0 Å². The lowest BCUT2D eigenvalue weighted by Gasteiger charge is -2.18. The first-order valence-electron chi connectivity index (χ1n) is 8.62. The molecule has 32 heavy (non-hydrogen) atoms. The van der Waals surface area contributed by atoms with E-state index in [4.69, 9.17) is 14.5 Å². The molecule has 0 bridgehead atoms. The molecule has 1 aliphatic heterocycles. The summed E-state index contributed by atoms with van der Waals surface area (Å²) in [5, 5.41) is 29.6. The summed E-state index contributed by atoms with van der Waals surface area (Å²) >= 11 is 1.08. The van der Waals surface area contributed by atoms with Crippen LogP contribution in [0.2, 0.25) is 0 Å². The van der Waals surface area contributed by atoms with Gasteiger partial charge in [-0.2, -0.15) is 4.31 Å². The van der Waals surface area contributed by atoms with E-state index in [0.29, 0.717) is 9.75 Å². The number of hydrogen-bond acceptors (Lipinski definition) is 11. The fourth-order valence-corrected chi connectivity index (χ4v) is 5.35. The molecule has 0 amide bonds. The molecule has 1 saturated heterocycles. The van der Waals surface area contributed by atoms with Crippen molar-refractivity contribution in [2.45, 2.75) is 31.1 Å². The Morgan fingerprint density at radius 3 is 2.44 bits per heavy atom. The Morgan fingerprint density at radius 2 is 1.84 bits per heavy atom. The highest BCUT2D eigenvalue weighted by molar-refractivity contribution is 7.60. The topological polar surface area (TPSA) is 238 Å². The summed E-state index contributed by atoms with van der Waals surface area (Å²) < 4.78 is 36.4. The molecular weight excluding hydrogens is 498 g/mol. The van der Waals surface area contributed by atoms with Gasteiger partial charge in [0, 0.05) is 16.0 Å². The summed E-state index contributed by atoms with van der Waals surface area (Å²) in [5.74, 6) is 0. The van der Waals surface area contributed by atoms with Crippen LogP contribution >= 0.6 is 27.0 Å². The molecule has 0 saturated carbocycles. The summed E-state index contributed by atoms with van der Waals surface area (Å²) in [6.07, 6.45) is -5.50. The monoisotopic (exact) mass is 516 g/mol. The van der Waals surface area contributed by atoms with E-state index in [9.17, 15) is 38.9 Å². The van der Waals surface area contributed by atoms with Crippen molar-refractivity contribution in [2.75, 3.05) is 6.61 Å². The molecule has 178 valence electrons. The van der Waals surface area contributed by atoms with E-state index in [1.165, 1.54) is 6.07 Å². The van der Waals surface area contributed by atoms with Crippen molar-refractivity contribution in [3.05, 3.63) is 44.0 Å². The number of phosphoric ester groups is 1. The Bertz CT molecular complexity index is 1190. The third kappa shape index (κ3) is 5.69. The Kier molecular flexibility index (Phi) is 7.36. The van der Waals surface area contributed by atoms with Gasteiger partial charge in [0.1, 0.15) is 18.3 Å². The predicted molar refractivity (Wildman–Crippen MR) is 105 cm³/mol. The van der Waals surface area contributed by atoms with Gasteiger partial charge in [-0.15, -0.1) is 11.3 Å². The number of nitrogens with one attached hydrogen (secondary N) is 1. The van der Waals surface area contributed by atoms with Crippen LogP contribution in [0.4, 0.5) is 0 Å². The van der Waals surface area contributed by atoms with Crippen LogP contribution in [-0.2, 0) is 29.3 Å². The lowest BCUT2D eigenvalue weighted by molar-refractivity contribution is -0.0541. The maximum atomic E-state index is 12.3. The van der Waals surface area contributed by atoms with Crippen LogP contribution in [0.25, 0.3) is 10.4 Å². The number of nitrogens with zero attached hydrogens (tertiary/aromatic N) is 1. The van der Waals surface area contributed by atoms with Crippen LogP contribution in [0.5, 0.6) is 0 Å². The van der Waals surface area contributed by atoms with Crippen molar-refractivity contribution in [1.29, 1.82) is 0 Å². The first-order chi connectivity index (χ1) is 14.8. The molecule has 2 aromatic rings. The van der Waals surface area contributed by atoms with E-state index in [-0.39, 0.29) is 12.2 Å². The zero-order valence-corrected chi connectivity index (χ0v) is 18.4. The van der Waals surface area contributed by atoms with Crippen molar-refractivity contribution in [3.8, 4) is 10.4 Å². The third-order valence-electron chi connectivity index (χ3n) is 4.27. The molecule has 7 N–H and O–H groups in total. The quantitative estimate of drug-likeness (QED) is 0.200. The summed E-state index contributed by atoms with van der Waals surface area (Å²) in [5.41, 5.74) is -1.73. The molecule has 0 radical (unpaired) electrons. The summed E-state index contributed by atoms with van der Waals surface area (Å²) in [4.78, 5) is 54.0. The van der Waals surface area contributed by atoms with Gasteiger partial charge in [-0.3, -0.25) is 18.9 Å². The van der Waals surface area contributed by atoms with E-state index in [1.54, 1.807) is 6.07 Å². The molecule has 1 aliphatic rings. The van der Waals surface area contributed by atoms with Gasteiger partial charge in [-0.25, -0.2) is 13.9 Å². The lowest BCUT2D eigenvalue weighted by Crippen LogP contribution is -2.38. The molecule has 15 nitrogen and oxygen atoms in total. The molecule has 0 spiro atoms. The van der Waals surface area contributed by atoms with Crippen LogP contribution in [0, 0.1) is 0 Å². The summed E-state index contributed by atoms with van der Waals surface area (Å²) in [7, 11) is -10.6. The first-order valence-corrected chi connectivity index (χ1v) is 12.5. The van der Waals surface area contributed by atoms with Crippen molar-refractivity contribution in [1.82, 2.24) is 9.55 Å². The first kappa shape index (κ1) is 25.1. The highest BCUT2D eigenvalue weighted by atomic mass is 32.1. The van der Waals surface area contributed by atoms with Crippen LogP contribution in [0.1, 0.15) is 11.1 Å². The molecule has 2 aromatic heterocycles. The second-order valence-corrected chi connectivity index (χ2v) is 10.5. The van der Waals surface area contributed by atoms with E-state index in [0.717, 1.165) is 22.1 Å². The molecule has 1 unspecified atom stereocenters. The second kappa shape index (κ2) is 9.38. The number of thiophene rings is 1. The number of hydrogen-bond donors (Lipinski definition) is 7. The highest BCUT2D eigenvalue weighted by Gasteiger charge is 2.46. The van der Waals surface area contributed by atoms with Crippen molar-refractivity contribution < 1.29 is 52.7 Å². The number of phosphoric acid groups is 2. The minimum atomic E-state index is -5.37. The normalized spacial score (nSPS) is 25.7. The van der Waals surface area contributed by atoms with Crippen LogP contribution in [-0.4, -0.2) is 64.5 Å². The lowest BCUT2D eigenvalue weighted by atomic mass is 10.1. The number of aliphatic hydroxyl groups excluding tert-OH is 3. The smallest absolute Gasteiger partial charge is 0.391 e. The van der Waals surface area contributed by atoms with E-state index < -0.39 is 58.0 Å². The van der Waals surface area contributed by atoms with E-state index in [2.05, 4.69) is 8.83 Å². The van der Waals surface area contributed by atoms with Crippen LogP contribution in [0.15, 0.2) is 27.9 Å². The van der Waals surface area contributed by atoms with Gasteiger partial charge in [0.2, 0.25) is 0 Å². The third-order valence-corrected chi connectivity index (χ3v) is 7.53. The van der Waals surface area contributed by atoms with E-state index in [1.807, 2.05) is 4.98 Å². The molecule has 18 heteroatoms. The van der Waals surface area contributed by atoms with E-state index >= 15 is 0 Å². The molecule has 3 heterocycles. The Morgan fingerprint density at radius 1 is 1.16 bits per heavy atom. The minimum absolute atomic E-state index is 0.00851. The standard InChI is InChI=1S/C14H18N2O13P2S/c17-4-6-1-2-9(32-6)7-3-16(14(21)15-12(7)20)13-11(19)10(18)8(28-13)5-27-31(25,26)29-30(22,23)24/h1-3,8,10-11,13,17-19H,4-5H2,(H,25,26)(H,15,20,21)(H2,22,23,24)/t8-,10-,11-,13-/m1/s1. The number of aromatic amines is 1. The van der Waals surface area contributed by atoms with Crippen LogP contribution in [0.3, 0.4) is 0 Å². The highest BCUT2D eigenvalue weighted by Crippen LogP contribution is 2.57. The molecular formula is C14H18N2O13P2S. The van der Waals surface area contributed by atoms with Crippen molar-refractivity contribution in [2.24, 2.45) is 0 Å². The van der Waals surface area contributed by atoms with Crippen LogP contribution < -0.4 is 11.2 Å². The number of rotatable bonds is 8. The SMILES string of the molecule is O=c1[nH]c(=O)n([C@@H]2O[C@H](COP(=O)(O)OP(=O)(O)O)[C@@H](O)[C@H]2O)cc1-c1ccc(CO)s1. The fourth-order valence-electron chi connectivity index (χ4n) is 2.88. The Labute approximate surface area is 181 Å². The predicted octanol–water partition coefficient (Wildman–Crippen LogP) is -1.40. The van der Waals surface area contributed by atoms with Gasteiger partial charge in [-0.1, -0.05) is 0 Å². The average Bonchev–Trinajstić information content (AvgIpc) is 3.25.